The number of unbranched alkanes of at least 4 members (excludes halogenated alkanes) is 2. The molecule has 0 saturated carbocycles. The number of rotatable bonds is 11. The maximum atomic E-state index is 12.1. The van der Waals surface area contributed by atoms with E-state index in [0.717, 1.165) is 42.6 Å². The number of carbonyl (C=O) groups is 1. The van der Waals surface area contributed by atoms with E-state index in [9.17, 15) is 4.79 Å². The highest BCUT2D eigenvalue weighted by Gasteiger charge is 2.14. The van der Waals surface area contributed by atoms with Crippen LogP contribution in [0.25, 0.3) is 11.3 Å². The summed E-state index contributed by atoms with van der Waals surface area (Å²) in [7, 11) is 0. The van der Waals surface area contributed by atoms with Gasteiger partial charge in [0.25, 0.3) is 0 Å². The molecular formula is C25H31ClN4O2. The van der Waals surface area contributed by atoms with Crippen LogP contribution in [0, 0.1) is 6.92 Å². The largest absolute Gasteiger partial charge is 0.491 e. The zero-order valence-corrected chi connectivity index (χ0v) is 19.5. The molecule has 0 saturated heterocycles. The van der Waals surface area contributed by atoms with Crippen molar-refractivity contribution in [1.29, 1.82) is 0 Å². The average molecular weight is 455 g/mol. The molecule has 2 aromatic carbocycles. The highest BCUT2D eigenvalue weighted by molar-refractivity contribution is 6.28. The standard InChI is InChI=1S/C25H31ClN4O2/c1-3-4-10-16-27-25(31)28-21-14-8-9-15-22(21)32-18-11-17-30-19(2)23(29-24(30)26)20-12-6-5-7-13-20/h5-9,12-15H,3-4,10-11,16-18H2,1-2H3,(H2,27,28,31). The zero-order valence-electron chi connectivity index (χ0n) is 18.7. The first-order chi connectivity index (χ1) is 15.6. The highest BCUT2D eigenvalue weighted by atomic mass is 35.5. The molecule has 7 heteroatoms. The van der Waals surface area contributed by atoms with Gasteiger partial charge in [-0.3, -0.25) is 0 Å². The van der Waals surface area contributed by atoms with E-state index in [4.69, 9.17) is 16.3 Å². The molecule has 0 spiro atoms. The number of nitrogens with zero attached hydrogens (tertiary/aromatic N) is 2. The monoisotopic (exact) mass is 454 g/mol. The lowest BCUT2D eigenvalue weighted by atomic mass is 10.1. The van der Waals surface area contributed by atoms with E-state index in [1.54, 1.807) is 0 Å². The molecule has 1 heterocycles. The molecule has 0 radical (unpaired) electrons. The minimum atomic E-state index is -0.216. The van der Waals surface area contributed by atoms with E-state index in [2.05, 4.69) is 22.5 Å². The van der Waals surface area contributed by atoms with Gasteiger partial charge in [0, 0.05) is 24.3 Å². The van der Waals surface area contributed by atoms with Gasteiger partial charge in [0.2, 0.25) is 5.28 Å². The summed E-state index contributed by atoms with van der Waals surface area (Å²) < 4.78 is 7.96. The lowest BCUT2D eigenvalue weighted by Gasteiger charge is -2.14. The molecule has 2 N–H and O–H groups in total. The third-order valence-electron chi connectivity index (χ3n) is 5.21. The van der Waals surface area contributed by atoms with E-state index in [0.29, 0.717) is 36.4 Å². The van der Waals surface area contributed by atoms with Gasteiger partial charge < -0.3 is 19.9 Å². The van der Waals surface area contributed by atoms with Crippen LogP contribution in [-0.2, 0) is 6.54 Å². The van der Waals surface area contributed by atoms with Crippen LogP contribution in [0.4, 0.5) is 10.5 Å². The second kappa shape index (κ2) is 12.2. The molecule has 170 valence electrons. The summed E-state index contributed by atoms with van der Waals surface area (Å²) in [6, 6.07) is 17.3. The summed E-state index contributed by atoms with van der Waals surface area (Å²) in [5.74, 6) is 0.648. The van der Waals surface area contributed by atoms with Crippen molar-refractivity contribution in [2.24, 2.45) is 0 Å². The van der Waals surface area contributed by atoms with Gasteiger partial charge in [0.15, 0.2) is 0 Å². The minimum absolute atomic E-state index is 0.216. The average Bonchev–Trinajstić information content (AvgIpc) is 3.09. The molecule has 6 nitrogen and oxygen atoms in total. The van der Waals surface area contributed by atoms with Gasteiger partial charge >= 0.3 is 6.03 Å². The van der Waals surface area contributed by atoms with Crippen LogP contribution in [0.5, 0.6) is 5.75 Å². The minimum Gasteiger partial charge on any atom is -0.491 e. The molecule has 3 aromatic rings. The topological polar surface area (TPSA) is 68.2 Å². The summed E-state index contributed by atoms with van der Waals surface area (Å²) in [5, 5.41) is 6.23. The van der Waals surface area contributed by atoms with Crippen molar-refractivity contribution in [3.05, 3.63) is 65.6 Å². The predicted octanol–water partition coefficient (Wildman–Crippen LogP) is 6.29. The number of nitrogens with one attached hydrogen (secondary N) is 2. The van der Waals surface area contributed by atoms with Crippen LogP contribution in [0.1, 0.15) is 38.3 Å². The number of hydrogen-bond donors (Lipinski definition) is 2. The fourth-order valence-corrected chi connectivity index (χ4v) is 3.77. The number of hydrogen-bond acceptors (Lipinski definition) is 3. The fraction of sp³-hybridized carbons (Fsp3) is 0.360. The first kappa shape index (κ1) is 23.7. The van der Waals surface area contributed by atoms with E-state index in [1.165, 1.54) is 0 Å². The number of para-hydroxylation sites is 2. The Bertz CT molecular complexity index is 1000. The normalized spacial score (nSPS) is 10.7. The molecule has 2 amide bonds. The number of amides is 2. The van der Waals surface area contributed by atoms with Gasteiger partial charge in [-0.2, -0.15) is 0 Å². The molecular weight excluding hydrogens is 424 g/mol. The third kappa shape index (κ3) is 6.50. The summed E-state index contributed by atoms with van der Waals surface area (Å²) in [5.41, 5.74) is 3.64. The van der Waals surface area contributed by atoms with Crippen molar-refractivity contribution in [3.63, 3.8) is 0 Å². The van der Waals surface area contributed by atoms with Gasteiger partial charge in [0.1, 0.15) is 5.75 Å². The predicted molar refractivity (Wildman–Crippen MR) is 131 cm³/mol. The number of halogens is 1. The zero-order chi connectivity index (χ0) is 22.8. The molecule has 0 unspecified atom stereocenters. The lowest BCUT2D eigenvalue weighted by Crippen LogP contribution is -2.29. The number of benzene rings is 2. The first-order valence-corrected chi connectivity index (χ1v) is 11.5. The Hall–Kier alpha value is -2.99. The summed E-state index contributed by atoms with van der Waals surface area (Å²) in [6.45, 7) is 6.01. The van der Waals surface area contributed by atoms with E-state index >= 15 is 0 Å². The summed E-state index contributed by atoms with van der Waals surface area (Å²) in [4.78, 5) is 16.7. The SMILES string of the molecule is CCCCCNC(=O)Nc1ccccc1OCCCn1c(Cl)nc(-c2ccccc2)c1C. The van der Waals surface area contributed by atoms with Crippen molar-refractivity contribution < 1.29 is 9.53 Å². The fourth-order valence-electron chi connectivity index (χ4n) is 3.47. The number of urea groups is 1. The van der Waals surface area contributed by atoms with Crippen LogP contribution in [0.3, 0.4) is 0 Å². The Morgan fingerprint density at radius 3 is 2.59 bits per heavy atom. The second-order valence-corrected chi connectivity index (χ2v) is 7.96. The van der Waals surface area contributed by atoms with Crippen molar-refractivity contribution in [3.8, 4) is 17.0 Å². The maximum absolute atomic E-state index is 12.1. The maximum Gasteiger partial charge on any atom is 0.319 e. The van der Waals surface area contributed by atoms with Crippen LogP contribution < -0.4 is 15.4 Å². The Balaban J connectivity index is 1.52. The number of ether oxygens (including phenoxy) is 1. The number of aromatic nitrogens is 2. The Kier molecular flexibility index (Phi) is 8.99. The molecule has 0 bridgehead atoms. The summed E-state index contributed by atoms with van der Waals surface area (Å²) in [6.07, 6.45) is 3.96. The van der Waals surface area contributed by atoms with Gasteiger partial charge in [-0.25, -0.2) is 9.78 Å². The van der Waals surface area contributed by atoms with Gasteiger partial charge in [0.05, 0.1) is 18.0 Å². The first-order valence-electron chi connectivity index (χ1n) is 11.1. The van der Waals surface area contributed by atoms with Crippen LogP contribution in [0.15, 0.2) is 54.6 Å². The van der Waals surface area contributed by atoms with Crippen molar-refractivity contribution in [1.82, 2.24) is 14.9 Å². The molecule has 0 aliphatic carbocycles. The van der Waals surface area contributed by atoms with E-state index in [1.807, 2.05) is 66.1 Å². The quantitative estimate of drug-likeness (QED) is 0.334. The number of anilines is 1. The molecule has 0 aliphatic rings. The van der Waals surface area contributed by atoms with E-state index < -0.39 is 0 Å². The Morgan fingerprint density at radius 1 is 1.06 bits per heavy atom. The van der Waals surface area contributed by atoms with E-state index in [-0.39, 0.29) is 6.03 Å². The molecule has 0 fully saturated rings. The van der Waals surface area contributed by atoms with Crippen molar-refractivity contribution in [2.75, 3.05) is 18.5 Å². The lowest BCUT2D eigenvalue weighted by molar-refractivity contribution is 0.251. The number of imidazole rings is 1. The van der Waals surface area contributed by atoms with Crippen LogP contribution in [-0.4, -0.2) is 28.7 Å². The Labute approximate surface area is 195 Å². The molecule has 0 aliphatic heterocycles. The molecule has 1 aromatic heterocycles. The third-order valence-corrected chi connectivity index (χ3v) is 5.49. The molecule has 0 atom stereocenters. The summed E-state index contributed by atoms with van der Waals surface area (Å²) >= 11 is 6.40. The van der Waals surface area contributed by atoms with Crippen LogP contribution >= 0.6 is 11.6 Å². The van der Waals surface area contributed by atoms with Gasteiger partial charge in [-0.15, -0.1) is 0 Å². The van der Waals surface area contributed by atoms with Gasteiger partial charge in [-0.05, 0) is 43.5 Å². The van der Waals surface area contributed by atoms with Crippen molar-refractivity contribution >= 4 is 23.3 Å². The van der Waals surface area contributed by atoms with Crippen LogP contribution in [0.2, 0.25) is 5.28 Å². The van der Waals surface area contributed by atoms with Gasteiger partial charge in [-0.1, -0.05) is 62.2 Å². The smallest absolute Gasteiger partial charge is 0.319 e. The molecule has 3 rings (SSSR count). The highest BCUT2D eigenvalue weighted by Crippen LogP contribution is 2.27. The van der Waals surface area contributed by atoms with Crippen molar-refractivity contribution in [2.45, 2.75) is 46.1 Å². The number of carbonyl (C=O) groups excluding carboxylic acids is 1. The second-order valence-electron chi connectivity index (χ2n) is 7.62. The molecule has 32 heavy (non-hydrogen) atoms. The Morgan fingerprint density at radius 2 is 1.81 bits per heavy atom.